The Labute approximate surface area is 233 Å². The predicted octanol–water partition coefficient (Wildman–Crippen LogP) is 9.81. The molecule has 2 aliphatic carbocycles. The summed E-state index contributed by atoms with van der Waals surface area (Å²) in [4.78, 5) is 0. The minimum atomic E-state index is -4.53. The number of hydrogen-bond donors (Lipinski definition) is 0. The van der Waals surface area contributed by atoms with E-state index in [1.807, 2.05) is 0 Å². The van der Waals surface area contributed by atoms with E-state index in [-0.39, 0.29) is 8.45 Å². The van der Waals surface area contributed by atoms with Crippen LogP contribution in [0.2, 0.25) is 6.55 Å². The van der Waals surface area contributed by atoms with Gasteiger partial charge in [-0.3, -0.25) is 0 Å². The fourth-order valence-corrected chi connectivity index (χ4v) is 36.0. The molecule has 0 aliphatic heterocycles. The number of allylic oxidation sites excluding steroid dienone is 2. The van der Waals surface area contributed by atoms with E-state index in [2.05, 4.69) is 127 Å². The molecule has 0 aromatic heterocycles. The molecule has 0 amide bonds. The van der Waals surface area contributed by atoms with Crippen molar-refractivity contribution >= 4 is 42.6 Å². The minimum absolute atomic E-state index is 0.0953. The molecule has 5 rings (SSSR count). The molecule has 0 bridgehead atoms. The molecule has 193 valence electrons. The summed E-state index contributed by atoms with van der Waals surface area (Å²) in [5, 5.41) is 1.38. The summed E-state index contributed by atoms with van der Waals surface area (Å²) in [6.07, 6.45) is 4.82. The van der Waals surface area contributed by atoms with Crippen LogP contribution >= 0.6 is 18.6 Å². The van der Waals surface area contributed by atoms with Crippen LogP contribution in [-0.4, -0.2) is 6.66 Å². The Morgan fingerprint density at radius 2 is 1.08 bits per heavy atom. The van der Waals surface area contributed by atoms with Crippen molar-refractivity contribution in [2.75, 3.05) is 0 Å². The van der Waals surface area contributed by atoms with Crippen molar-refractivity contribution in [3.63, 3.8) is 0 Å². The van der Waals surface area contributed by atoms with Crippen molar-refractivity contribution < 1.29 is 12.4 Å². The van der Waals surface area contributed by atoms with Crippen molar-refractivity contribution in [1.29, 1.82) is 0 Å². The predicted molar refractivity (Wildman–Crippen MR) is 165 cm³/mol. The molecule has 0 saturated heterocycles. The van der Waals surface area contributed by atoms with Gasteiger partial charge in [-0.1, -0.05) is 0 Å². The van der Waals surface area contributed by atoms with Crippen LogP contribution < -0.4 is 5.19 Å². The molecule has 4 heteroatoms. The second-order valence-electron chi connectivity index (χ2n) is 12.0. The van der Waals surface area contributed by atoms with Crippen molar-refractivity contribution in [1.82, 2.24) is 0 Å². The number of halogens is 2. The molecule has 3 aromatic rings. The van der Waals surface area contributed by atoms with E-state index < -0.39 is 19.1 Å². The quantitative estimate of drug-likeness (QED) is 0.254. The van der Waals surface area contributed by atoms with Crippen molar-refractivity contribution in [3.05, 3.63) is 111 Å². The van der Waals surface area contributed by atoms with E-state index in [1.54, 1.807) is 0 Å². The first-order chi connectivity index (χ1) is 17.5. The Bertz CT molecular complexity index is 1330. The van der Waals surface area contributed by atoms with E-state index >= 15 is 0 Å². The first-order valence-corrected chi connectivity index (χ1v) is 24.8. The average Bonchev–Trinajstić information content (AvgIpc) is 3.40. The summed E-state index contributed by atoms with van der Waals surface area (Å²) in [7, 11) is 17.1. The number of hydrogen-bond acceptors (Lipinski definition) is 0. The van der Waals surface area contributed by atoms with E-state index in [0.717, 1.165) is 0 Å². The molecule has 0 heterocycles. The van der Waals surface area contributed by atoms with Crippen LogP contribution in [0, 0.1) is 0 Å². The molecular formula is C33H39Cl2SiTi. The first-order valence-electron chi connectivity index (χ1n) is 13.7. The van der Waals surface area contributed by atoms with Gasteiger partial charge in [0.2, 0.25) is 0 Å². The normalized spacial score (nSPS) is 20.8. The Morgan fingerprint density at radius 3 is 1.49 bits per heavy atom. The van der Waals surface area contributed by atoms with Gasteiger partial charge in [-0.05, 0) is 0 Å². The monoisotopic (exact) mass is 581 g/mol. The first kappa shape index (κ1) is 27.2. The van der Waals surface area contributed by atoms with Crippen molar-refractivity contribution in [2.24, 2.45) is 0 Å². The molecule has 0 nitrogen and oxygen atoms in total. The zero-order valence-electron chi connectivity index (χ0n) is 23.1. The Hall–Kier alpha value is -1.35. The van der Waals surface area contributed by atoms with Crippen LogP contribution in [-0.2, 0) is 12.4 Å². The summed E-state index contributed by atoms with van der Waals surface area (Å²) >= 11 is -4.53. The van der Waals surface area contributed by atoms with E-state index in [4.69, 9.17) is 18.6 Å². The Morgan fingerprint density at radius 1 is 0.649 bits per heavy atom. The second-order valence-corrected chi connectivity index (χ2v) is 39.7. The van der Waals surface area contributed by atoms with E-state index in [1.165, 1.54) is 49.7 Å². The standard InChI is InChI=1S/2C13H15.C7H9Si.2ClH.Ti/c2*1-9(2)12-6-4-5-11-7-10(3)8-13(11)12;1-8-7-5-3-2-4-6-7;;;/h2*4-9H,1-3H3;2-6,8H,1H3;2*1H;/q;;;;;+2/p-2. The zero-order chi connectivity index (χ0) is 26.7. The molecule has 3 atom stereocenters. The van der Waals surface area contributed by atoms with Gasteiger partial charge in [0.05, 0.1) is 0 Å². The third-order valence-electron chi connectivity index (χ3n) is 9.10. The van der Waals surface area contributed by atoms with Gasteiger partial charge < -0.3 is 0 Å². The summed E-state index contributed by atoms with van der Waals surface area (Å²) in [5.74, 6) is 0.904. The zero-order valence-corrected chi connectivity index (χ0v) is 27.4. The maximum absolute atomic E-state index is 8.54. The van der Waals surface area contributed by atoms with Gasteiger partial charge >= 0.3 is 235 Å². The van der Waals surface area contributed by atoms with Crippen molar-refractivity contribution in [2.45, 2.75) is 68.4 Å². The van der Waals surface area contributed by atoms with Crippen LogP contribution in [0.5, 0.6) is 0 Å². The van der Waals surface area contributed by atoms with Crippen LogP contribution in [0.3, 0.4) is 0 Å². The summed E-state index contributed by atoms with van der Waals surface area (Å²) in [6.45, 7) is 14.3. The van der Waals surface area contributed by atoms with Crippen LogP contribution in [0.4, 0.5) is 0 Å². The van der Waals surface area contributed by atoms with Gasteiger partial charge in [0.1, 0.15) is 0 Å². The van der Waals surface area contributed by atoms with E-state index in [9.17, 15) is 0 Å². The molecule has 0 fully saturated rings. The van der Waals surface area contributed by atoms with Gasteiger partial charge in [-0.2, -0.15) is 0 Å². The van der Waals surface area contributed by atoms with Gasteiger partial charge in [-0.15, -0.1) is 0 Å². The molecule has 0 spiro atoms. The third kappa shape index (κ3) is 4.12. The molecule has 0 N–H and O–H groups in total. The maximum atomic E-state index is 8.54. The van der Waals surface area contributed by atoms with E-state index in [0.29, 0.717) is 11.8 Å². The number of fused-ring (bicyclic) bond motifs is 2. The van der Waals surface area contributed by atoms with Gasteiger partial charge in [0, 0.05) is 0 Å². The Balaban J connectivity index is 1.82. The van der Waals surface area contributed by atoms with Gasteiger partial charge in [0.25, 0.3) is 0 Å². The average molecular weight is 583 g/mol. The summed E-state index contributed by atoms with van der Waals surface area (Å²) in [5.41, 5.74) is 10.9. The molecule has 37 heavy (non-hydrogen) atoms. The molecule has 0 radical (unpaired) electrons. The van der Waals surface area contributed by atoms with Gasteiger partial charge in [-0.25, -0.2) is 0 Å². The second kappa shape index (κ2) is 9.69. The summed E-state index contributed by atoms with van der Waals surface area (Å²) in [6, 6.07) is 24.6. The fraction of sp³-hybridized carbons (Fsp3) is 0.333. The van der Waals surface area contributed by atoms with Gasteiger partial charge in [0.15, 0.2) is 0 Å². The molecule has 3 unspecified atom stereocenters. The number of rotatable bonds is 6. The topological polar surface area (TPSA) is 0 Å². The van der Waals surface area contributed by atoms with Crippen LogP contribution in [0.1, 0.15) is 95.2 Å². The molecule has 0 saturated carbocycles. The molecule has 3 aromatic carbocycles. The van der Waals surface area contributed by atoms with Crippen LogP contribution in [0.15, 0.2) is 77.9 Å². The molecule has 2 aliphatic rings. The Kier molecular flexibility index (Phi) is 7.13. The number of benzene rings is 3. The van der Waals surface area contributed by atoms with Crippen molar-refractivity contribution in [3.8, 4) is 0 Å². The SMILES string of the molecule is CC1=Cc2c(C(C)C)cccc2[CH]1[Ti]([Cl])([Cl])([CH]1C(C)=Cc2c(C(C)C)cccc21)[SiH](C)c1ccccc1. The summed E-state index contributed by atoms with van der Waals surface area (Å²) < 4.78 is 0.191. The third-order valence-corrected chi connectivity index (χ3v) is 41.7. The molecular weight excluding hydrogens is 543 g/mol. The fourth-order valence-electron chi connectivity index (χ4n) is 7.35. The van der Waals surface area contributed by atoms with Crippen LogP contribution in [0.25, 0.3) is 12.2 Å².